The van der Waals surface area contributed by atoms with E-state index < -0.39 is 0 Å². The summed E-state index contributed by atoms with van der Waals surface area (Å²) in [6, 6.07) is 8.23. The van der Waals surface area contributed by atoms with Crippen molar-refractivity contribution < 1.29 is 18.7 Å². The van der Waals surface area contributed by atoms with Crippen molar-refractivity contribution in [2.24, 2.45) is 0 Å². The van der Waals surface area contributed by atoms with E-state index in [0.717, 1.165) is 6.42 Å². The van der Waals surface area contributed by atoms with Gasteiger partial charge < -0.3 is 25.1 Å². The quantitative estimate of drug-likeness (QED) is 0.685. The Hall–Kier alpha value is -2.87. The fraction of sp³-hybridized carbons (Fsp3) is 0.235. The Morgan fingerprint density at radius 2 is 2.04 bits per heavy atom. The summed E-state index contributed by atoms with van der Waals surface area (Å²) in [6.45, 7) is 1.91. The highest BCUT2D eigenvalue weighted by Gasteiger charge is 2.13. The Labute approximate surface area is 150 Å². The van der Waals surface area contributed by atoms with Crippen molar-refractivity contribution >= 4 is 40.5 Å². The Kier molecular flexibility index (Phi) is 6.53. The highest BCUT2D eigenvalue weighted by molar-refractivity contribution is 7.80. The van der Waals surface area contributed by atoms with Crippen LogP contribution in [0.3, 0.4) is 0 Å². The topological polar surface area (TPSA) is 92.6 Å². The molecule has 2 amide bonds. The number of hydrogen-bond acceptors (Lipinski definition) is 5. The molecule has 1 heterocycles. The highest BCUT2D eigenvalue weighted by atomic mass is 32.1. The maximum atomic E-state index is 12.0. The third-order valence-electron chi connectivity index (χ3n) is 3.18. The number of carbonyl (C=O) groups excluding carboxylic acids is 2. The summed E-state index contributed by atoms with van der Waals surface area (Å²) in [4.78, 5) is 23.6. The first-order valence-electron chi connectivity index (χ1n) is 7.67. The van der Waals surface area contributed by atoms with E-state index in [1.54, 1.807) is 30.3 Å². The normalized spacial score (nSPS) is 10.0. The number of carbonyl (C=O) groups is 2. The van der Waals surface area contributed by atoms with Crippen molar-refractivity contribution in [1.29, 1.82) is 0 Å². The zero-order chi connectivity index (χ0) is 18.2. The molecule has 25 heavy (non-hydrogen) atoms. The van der Waals surface area contributed by atoms with E-state index in [-0.39, 0.29) is 22.7 Å². The largest absolute Gasteiger partial charge is 0.494 e. The van der Waals surface area contributed by atoms with Crippen LogP contribution in [0.25, 0.3) is 0 Å². The van der Waals surface area contributed by atoms with Crippen LogP contribution in [0.4, 0.5) is 11.4 Å². The van der Waals surface area contributed by atoms with Crippen molar-refractivity contribution in [3.63, 3.8) is 0 Å². The summed E-state index contributed by atoms with van der Waals surface area (Å²) in [5, 5.41) is 8.40. The lowest BCUT2D eigenvalue weighted by atomic mass is 10.2. The number of nitrogens with one attached hydrogen (secondary N) is 3. The van der Waals surface area contributed by atoms with Gasteiger partial charge in [0.25, 0.3) is 5.91 Å². The van der Waals surface area contributed by atoms with Crippen LogP contribution < -0.4 is 20.7 Å². The summed E-state index contributed by atoms with van der Waals surface area (Å²) in [7, 11) is 1.49. The zero-order valence-electron chi connectivity index (χ0n) is 13.9. The van der Waals surface area contributed by atoms with Crippen LogP contribution in [0.1, 0.15) is 30.3 Å². The van der Waals surface area contributed by atoms with Gasteiger partial charge in [0, 0.05) is 18.2 Å². The molecule has 0 radical (unpaired) electrons. The Balaban J connectivity index is 2.04. The molecule has 2 aromatic rings. The third kappa shape index (κ3) is 5.32. The number of hydrogen-bond donors (Lipinski definition) is 3. The van der Waals surface area contributed by atoms with Gasteiger partial charge in [-0.05, 0) is 42.9 Å². The van der Waals surface area contributed by atoms with Crippen molar-refractivity contribution in [2.75, 3.05) is 17.7 Å². The highest BCUT2D eigenvalue weighted by Crippen LogP contribution is 2.28. The first-order valence-corrected chi connectivity index (χ1v) is 8.08. The van der Waals surface area contributed by atoms with E-state index in [1.165, 1.54) is 13.4 Å². The molecule has 0 aliphatic rings. The fourth-order valence-corrected chi connectivity index (χ4v) is 2.27. The first-order chi connectivity index (χ1) is 12.0. The minimum Gasteiger partial charge on any atom is -0.494 e. The molecule has 0 saturated carbocycles. The van der Waals surface area contributed by atoms with Gasteiger partial charge in [-0.15, -0.1) is 0 Å². The summed E-state index contributed by atoms with van der Waals surface area (Å²) >= 11 is 5.10. The maximum absolute atomic E-state index is 12.0. The second-order valence-corrected chi connectivity index (χ2v) is 5.51. The number of amides is 2. The van der Waals surface area contributed by atoms with Crippen molar-refractivity contribution in [1.82, 2.24) is 5.32 Å². The number of ether oxygens (including phenoxy) is 1. The molecule has 0 bridgehead atoms. The molecule has 0 saturated heterocycles. The second-order valence-electron chi connectivity index (χ2n) is 5.10. The van der Waals surface area contributed by atoms with E-state index in [9.17, 15) is 9.59 Å². The van der Waals surface area contributed by atoms with Crippen molar-refractivity contribution in [2.45, 2.75) is 19.8 Å². The SMILES string of the molecule is CCCC(=O)NC(=S)Nc1ccc(NC(=O)c2ccco2)c(OC)c1. The molecule has 0 atom stereocenters. The molecule has 1 aromatic heterocycles. The van der Waals surface area contributed by atoms with Crippen molar-refractivity contribution in [3.05, 3.63) is 42.4 Å². The molecular formula is C17H19N3O4S. The predicted molar refractivity (Wildman–Crippen MR) is 98.9 cm³/mol. The molecule has 7 nitrogen and oxygen atoms in total. The average Bonchev–Trinajstić information content (AvgIpc) is 3.10. The standard InChI is InChI=1S/C17H19N3O4S/c1-3-5-15(21)20-17(25)18-11-7-8-12(14(10-11)23-2)19-16(22)13-6-4-9-24-13/h4,6-10H,3,5H2,1-2H3,(H,19,22)(H2,18,20,21,25). The molecule has 0 fully saturated rings. The minimum absolute atomic E-state index is 0.144. The van der Waals surface area contributed by atoms with Gasteiger partial charge in [-0.3, -0.25) is 9.59 Å². The molecule has 0 unspecified atom stereocenters. The minimum atomic E-state index is -0.383. The van der Waals surface area contributed by atoms with Gasteiger partial charge in [0.15, 0.2) is 10.9 Å². The van der Waals surface area contributed by atoms with E-state index >= 15 is 0 Å². The second kappa shape index (κ2) is 8.84. The molecule has 1 aromatic carbocycles. The van der Waals surface area contributed by atoms with Crippen LogP contribution in [0.2, 0.25) is 0 Å². The lowest BCUT2D eigenvalue weighted by Crippen LogP contribution is -2.33. The summed E-state index contributed by atoms with van der Waals surface area (Å²) < 4.78 is 10.3. The third-order valence-corrected chi connectivity index (χ3v) is 3.39. The number of thiocarbonyl (C=S) groups is 1. The molecule has 2 rings (SSSR count). The molecule has 0 spiro atoms. The Morgan fingerprint density at radius 1 is 1.24 bits per heavy atom. The van der Waals surface area contributed by atoms with Crippen LogP contribution in [0.5, 0.6) is 5.75 Å². The smallest absolute Gasteiger partial charge is 0.291 e. The number of methoxy groups -OCH3 is 1. The fourth-order valence-electron chi connectivity index (χ4n) is 2.04. The summed E-state index contributed by atoms with van der Waals surface area (Å²) in [6.07, 6.45) is 2.57. The number of furan rings is 1. The lowest BCUT2D eigenvalue weighted by molar-refractivity contribution is -0.119. The average molecular weight is 361 g/mol. The van der Waals surface area contributed by atoms with Gasteiger partial charge in [0.2, 0.25) is 5.91 Å². The van der Waals surface area contributed by atoms with Crippen LogP contribution in [0, 0.1) is 0 Å². The zero-order valence-corrected chi connectivity index (χ0v) is 14.7. The summed E-state index contributed by atoms with van der Waals surface area (Å²) in [5.41, 5.74) is 1.10. The van der Waals surface area contributed by atoms with Crippen LogP contribution in [-0.2, 0) is 4.79 Å². The van der Waals surface area contributed by atoms with E-state index in [2.05, 4.69) is 16.0 Å². The van der Waals surface area contributed by atoms with Crippen LogP contribution in [0.15, 0.2) is 41.0 Å². The van der Waals surface area contributed by atoms with Crippen molar-refractivity contribution in [3.8, 4) is 5.75 Å². The van der Waals surface area contributed by atoms with E-state index in [1.807, 2.05) is 6.92 Å². The molecular weight excluding hydrogens is 342 g/mol. The predicted octanol–water partition coefficient (Wildman–Crippen LogP) is 3.15. The molecule has 0 aliphatic carbocycles. The number of rotatable bonds is 6. The monoisotopic (exact) mass is 361 g/mol. The maximum Gasteiger partial charge on any atom is 0.291 e. The van der Waals surface area contributed by atoms with Gasteiger partial charge in [0.1, 0.15) is 5.75 Å². The van der Waals surface area contributed by atoms with Crippen LogP contribution >= 0.6 is 12.2 Å². The number of anilines is 2. The molecule has 132 valence electrons. The molecule has 8 heteroatoms. The Bertz CT molecular complexity index is 759. The van der Waals surface area contributed by atoms with E-state index in [0.29, 0.717) is 23.5 Å². The summed E-state index contributed by atoms with van der Waals surface area (Å²) in [5.74, 6) is 0.109. The Morgan fingerprint density at radius 3 is 2.68 bits per heavy atom. The molecule has 3 N–H and O–H groups in total. The van der Waals surface area contributed by atoms with Gasteiger partial charge in [-0.2, -0.15) is 0 Å². The van der Waals surface area contributed by atoms with Gasteiger partial charge in [-0.25, -0.2) is 0 Å². The van der Waals surface area contributed by atoms with Gasteiger partial charge >= 0.3 is 0 Å². The first kappa shape index (κ1) is 18.5. The van der Waals surface area contributed by atoms with E-state index in [4.69, 9.17) is 21.4 Å². The lowest BCUT2D eigenvalue weighted by Gasteiger charge is -2.13. The van der Waals surface area contributed by atoms with Gasteiger partial charge in [0.05, 0.1) is 19.1 Å². The number of benzene rings is 1. The van der Waals surface area contributed by atoms with Gasteiger partial charge in [-0.1, -0.05) is 6.92 Å². The van der Waals surface area contributed by atoms with Crippen LogP contribution in [-0.4, -0.2) is 24.0 Å². The molecule has 0 aliphatic heterocycles.